The molecule has 0 aliphatic rings. The standard InChI is InChI=1S/C17H18N6O2/c1-19-16(25)11-4-2-3-10(9-11)13-6-5-12-14(18)22-17(20-7-8-24)23-15(12)21-13/h2-6,9,24H,7-8H2,1H3,(H,19,25)(H3,18,20,21,22,23). The van der Waals surface area contributed by atoms with Crippen LogP contribution in [0.25, 0.3) is 22.3 Å². The lowest BCUT2D eigenvalue weighted by atomic mass is 10.1. The first-order valence-electron chi connectivity index (χ1n) is 7.74. The van der Waals surface area contributed by atoms with Crippen molar-refractivity contribution in [1.29, 1.82) is 0 Å². The highest BCUT2D eigenvalue weighted by atomic mass is 16.3. The van der Waals surface area contributed by atoms with Crippen LogP contribution in [-0.2, 0) is 0 Å². The van der Waals surface area contributed by atoms with Gasteiger partial charge in [-0.25, -0.2) is 4.98 Å². The second kappa shape index (κ2) is 7.10. The summed E-state index contributed by atoms with van der Waals surface area (Å²) in [5.41, 5.74) is 8.41. The molecule has 128 valence electrons. The summed E-state index contributed by atoms with van der Waals surface area (Å²) >= 11 is 0. The van der Waals surface area contributed by atoms with E-state index in [-0.39, 0.29) is 12.5 Å². The molecule has 1 aromatic carbocycles. The van der Waals surface area contributed by atoms with Crippen LogP contribution in [0.2, 0.25) is 0 Å². The molecule has 8 nitrogen and oxygen atoms in total. The van der Waals surface area contributed by atoms with Gasteiger partial charge in [0.1, 0.15) is 5.82 Å². The molecule has 2 heterocycles. The molecule has 0 fully saturated rings. The van der Waals surface area contributed by atoms with Crippen molar-refractivity contribution in [2.45, 2.75) is 0 Å². The number of aliphatic hydroxyl groups is 1. The summed E-state index contributed by atoms with van der Waals surface area (Å²) < 4.78 is 0. The third-order valence-electron chi connectivity index (χ3n) is 3.63. The predicted molar refractivity (Wildman–Crippen MR) is 96.1 cm³/mol. The maximum Gasteiger partial charge on any atom is 0.251 e. The van der Waals surface area contributed by atoms with Crippen LogP contribution < -0.4 is 16.4 Å². The number of carbonyl (C=O) groups excluding carboxylic acids is 1. The van der Waals surface area contributed by atoms with E-state index >= 15 is 0 Å². The molecule has 0 atom stereocenters. The Morgan fingerprint density at radius 1 is 1.20 bits per heavy atom. The third kappa shape index (κ3) is 3.48. The summed E-state index contributed by atoms with van der Waals surface area (Å²) in [4.78, 5) is 24.8. The van der Waals surface area contributed by atoms with Crippen LogP contribution in [0, 0.1) is 0 Å². The molecule has 3 aromatic rings. The first kappa shape index (κ1) is 16.6. The number of carbonyl (C=O) groups is 1. The number of nitrogens with zero attached hydrogens (tertiary/aromatic N) is 3. The largest absolute Gasteiger partial charge is 0.395 e. The quantitative estimate of drug-likeness (QED) is 0.547. The topological polar surface area (TPSA) is 126 Å². The van der Waals surface area contributed by atoms with Gasteiger partial charge in [-0.15, -0.1) is 0 Å². The fraction of sp³-hybridized carbons (Fsp3) is 0.176. The van der Waals surface area contributed by atoms with Crippen LogP contribution in [0.1, 0.15) is 10.4 Å². The van der Waals surface area contributed by atoms with Gasteiger partial charge in [0.2, 0.25) is 5.95 Å². The normalized spacial score (nSPS) is 10.6. The average molecular weight is 338 g/mol. The van der Waals surface area contributed by atoms with E-state index in [0.717, 1.165) is 5.56 Å². The van der Waals surface area contributed by atoms with E-state index in [4.69, 9.17) is 10.8 Å². The van der Waals surface area contributed by atoms with Gasteiger partial charge in [-0.2, -0.15) is 9.97 Å². The molecule has 0 bridgehead atoms. The van der Waals surface area contributed by atoms with Crippen LogP contribution in [-0.4, -0.2) is 46.2 Å². The van der Waals surface area contributed by atoms with Gasteiger partial charge in [0.25, 0.3) is 5.91 Å². The number of anilines is 2. The number of amides is 1. The highest BCUT2D eigenvalue weighted by Crippen LogP contribution is 2.24. The summed E-state index contributed by atoms with van der Waals surface area (Å²) in [6, 6.07) is 10.8. The Labute approximate surface area is 144 Å². The van der Waals surface area contributed by atoms with E-state index in [1.807, 2.05) is 12.1 Å². The van der Waals surface area contributed by atoms with E-state index in [2.05, 4.69) is 25.6 Å². The van der Waals surface area contributed by atoms with Crippen molar-refractivity contribution in [3.63, 3.8) is 0 Å². The van der Waals surface area contributed by atoms with Crippen molar-refractivity contribution in [2.75, 3.05) is 31.2 Å². The highest BCUT2D eigenvalue weighted by Gasteiger charge is 2.10. The van der Waals surface area contributed by atoms with Crippen molar-refractivity contribution in [3.8, 4) is 11.3 Å². The van der Waals surface area contributed by atoms with Crippen LogP contribution in [0.3, 0.4) is 0 Å². The van der Waals surface area contributed by atoms with Crippen LogP contribution >= 0.6 is 0 Å². The Balaban J connectivity index is 2.04. The lowest BCUT2D eigenvalue weighted by molar-refractivity contribution is 0.0963. The summed E-state index contributed by atoms with van der Waals surface area (Å²) in [6.45, 7) is 0.278. The second-order valence-electron chi connectivity index (χ2n) is 5.31. The van der Waals surface area contributed by atoms with Gasteiger partial charge in [0.15, 0.2) is 5.65 Å². The van der Waals surface area contributed by atoms with Gasteiger partial charge in [0, 0.05) is 24.7 Å². The molecular weight excluding hydrogens is 320 g/mol. The fourth-order valence-electron chi connectivity index (χ4n) is 2.40. The zero-order valence-electron chi connectivity index (χ0n) is 13.7. The molecule has 8 heteroatoms. The van der Waals surface area contributed by atoms with Crippen molar-refractivity contribution in [3.05, 3.63) is 42.0 Å². The lowest BCUT2D eigenvalue weighted by Crippen LogP contribution is -2.17. The summed E-state index contributed by atoms with van der Waals surface area (Å²) in [6.07, 6.45) is 0. The number of pyridine rings is 1. The minimum absolute atomic E-state index is 0.0406. The molecule has 0 radical (unpaired) electrons. The number of fused-ring (bicyclic) bond motifs is 1. The molecular formula is C17H18N6O2. The van der Waals surface area contributed by atoms with E-state index < -0.39 is 0 Å². The Bertz CT molecular complexity index is 928. The van der Waals surface area contributed by atoms with E-state index in [1.54, 1.807) is 31.3 Å². The van der Waals surface area contributed by atoms with Gasteiger partial charge in [-0.05, 0) is 24.3 Å². The lowest BCUT2D eigenvalue weighted by Gasteiger charge is -2.08. The Morgan fingerprint density at radius 2 is 2.04 bits per heavy atom. The SMILES string of the molecule is CNC(=O)c1cccc(-c2ccc3c(N)nc(NCCO)nc3n2)c1. The number of rotatable bonds is 5. The fourth-order valence-corrected chi connectivity index (χ4v) is 2.40. The van der Waals surface area contributed by atoms with Crippen molar-refractivity contribution in [2.24, 2.45) is 0 Å². The van der Waals surface area contributed by atoms with Crippen LogP contribution in [0.15, 0.2) is 36.4 Å². The number of nitrogens with two attached hydrogens (primary N) is 1. The Morgan fingerprint density at radius 3 is 2.80 bits per heavy atom. The van der Waals surface area contributed by atoms with Crippen LogP contribution in [0.5, 0.6) is 0 Å². The molecule has 0 aliphatic heterocycles. The van der Waals surface area contributed by atoms with E-state index in [1.165, 1.54) is 0 Å². The van der Waals surface area contributed by atoms with Crippen molar-refractivity contribution >= 4 is 28.7 Å². The first-order valence-corrected chi connectivity index (χ1v) is 7.74. The average Bonchev–Trinajstić information content (AvgIpc) is 2.65. The molecule has 0 saturated heterocycles. The van der Waals surface area contributed by atoms with Gasteiger partial charge >= 0.3 is 0 Å². The predicted octanol–water partition coefficient (Wildman–Crippen LogP) is 1.04. The molecule has 3 rings (SSSR count). The first-order chi connectivity index (χ1) is 12.1. The number of aromatic nitrogens is 3. The minimum Gasteiger partial charge on any atom is -0.395 e. The van der Waals surface area contributed by atoms with Crippen molar-refractivity contribution < 1.29 is 9.90 Å². The smallest absolute Gasteiger partial charge is 0.251 e. The Kier molecular flexibility index (Phi) is 4.71. The molecule has 2 aromatic heterocycles. The molecule has 0 unspecified atom stereocenters. The number of hydrogen-bond donors (Lipinski definition) is 4. The van der Waals surface area contributed by atoms with Gasteiger partial charge in [-0.1, -0.05) is 12.1 Å². The van der Waals surface area contributed by atoms with Gasteiger partial charge in [0.05, 0.1) is 17.7 Å². The van der Waals surface area contributed by atoms with Gasteiger partial charge in [-0.3, -0.25) is 4.79 Å². The summed E-state index contributed by atoms with van der Waals surface area (Å²) in [7, 11) is 1.59. The highest BCUT2D eigenvalue weighted by molar-refractivity contribution is 5.95. The molecule has 0 spiro atoms. The number of benzene rings is 1. The maximum absolute atomic E-state index is 11.8. The molecule has 0 aliphatic carbocycles. The molecule has 1 amide bonds. The number of aliphatic hydroxyl groups excluding tert-OH is 1. The Hall–Kier alpha value is -3.26. The van der Waals surface area contributed by atoms with E-state index in [9.17, 15) is 4.79 Å². The second-order valence-corrected chi connectivity index (χ2v) is 5.31. The number of hydrogen-bond acceptors (Lipinski definition) is 7. The van der Waals surface area contributed by atoms with Crippen LogP contribution in [0.4, 0.5) is 11.8 Å². The molecule has 5 N–H and O–H groups in total. The van der Waals surface area contributed by atoms with E-state index in [0.29, 0.717) is 40.6 Å². The monoisotopic (exact) mass is 338 g/mol. The summed E-state index contributed by atoms with van der Waals surface area (Å²) in [5, 5.41) is 15.0. The van der Waals surface area contributed by atoms with Crippen molar-refractivity contribution in [1.82, 2.24) is 20.3 Å². The maximum atomic E-state index is 11.8. The summed E-state index contributed by atoms with van der Waals surface area (Å²) in [5.74, 6) is 0.455. The third-order valence-corrected chi connectivity index (χ3v) is 3.63. The van der Waals surface area contributed by atoms with Gasteiger partial charge < -0.3 is 21.5 Å². The number of nitrogen functional groups attached to an aromatic ring is 1. The zero-order valence-corrected chi connectivity index (χ0v) is 13.7. The minimum atomic E-state index is -0.162. The zero-order chi connectivity index (χ0) is 17.8. The molecule has 25 heavy (non-hydrogen) atoms. The number of nitrogens with one attached hydrogen (secondary N) is 2. The molecule has 0 saturated carbocycles.